The lowest BCUT2D eigenvalue weighted by Gasteiger charge is -1.98. The van der Waals surface area contributed by atoms with E-state index in [2.05, 4.69) is 19.9 Å². The second-order valence-corrected chi connectivity index (χ2v) is 3.39. The Hall–Kier alpha value is -2.43. The van der Waals surface area contributed by atoms with Crippen LogP contribution in [-0.2, 0) is 0 Å². The predicted octanol–water partition coefficient (Wildman–Crippen LogP) is 1.31. The summed E-state index contributed by atoms with van der Waals surface area (Å²) in [6.45, 7) is 0. The van der Waals surface area contributed by atoms with Crippen molar-refractivity contribution in [3.63, 3.8) is 0 Å². The maximum atomic E-state index is 11.1. The molecule has 0 fully saturated rings. The normalized spacial score (nSPS) is 10.8. The maximum absolute atomic E-state index is 11.1. The van der Waals surface area contributed by atoms with E-state index in [1.54, 1.807) is 6.20 Å². The molecule has 0 amide bonds. The number of H-pyrrole nitrogens is 2. The Morgan fingerprint density at radius 1 is 1.00 bits per heavy atom. The molecule has 3 rings (SSSR count). The Labute approximate surface area is 90.2 Å². The van der Waals surface area contributed by atoms with Gasteiger partial charge in [0.25, 0.3) is 0 Å². The largest absolute Gasteiger partial charge is 0.325 e. The Bertz CT molecular complexity index is 684. The Balaban J connectivity index is 2.22. The lowest BCUT2D eigenvalue weighted by Crippen LogP contribution is -1.99. The zero-order valence-corrected chi connectivity index (χ0v) is 8.27. The summed E-state index contributed by atoms with van der Waals surface area (Å²) < 4.78 is 0. The minimum absolute atomic E-state index is 0.249. The van der Waals surface area contributed by atoms with E-state index >= 15 is 0 Å². The molecule has 2 N–H and O–H groups in total. The van der Waals surface area contributed by atoms with Crippen LogP contribution in [-0.4, -0.2) is 19.9 Å². The maximum Gasteiger partial charge on any atom is 0.325 e. The molecule has 3 aromatic rings. The summed E-state index contributed by atoms with van der Waals surface area (Å²) in [5.41, 5.74) is 2.52. The van der Waals surface area contributed by atoms with E-state index in [1.807, 2.05) is 30.3 Å². The van der Waals surface area contributed by atoms with E-state index in [0.717, 1.165) is 11.4 Å². The van der Waals surface area contributed by atoms with Crippen LogP contribution in [0.15, 0.2) is 41.3 Å². The highest BCUT2D eigenvalue weighted by Crippen LogP contribution is 2.15. The minimum Gasteiger partial charge on any atom is -0.304 e. The second kappa shape index (κ2) is 3.30. The quantitative estimate of drug-likeness (QED) is 0.638. The third-order valence-electron chi connectivity index (χ3n) is 2.30. The molecule has 0 saturated heterocycles. The summed E-state index contributed by atoms with van der Waals surface area (Å²) in [7, 11) is 0. The van der Waals surface area contributed by atoms with Crippen molar-refractivity contribution in [1.29, 1.82) is 0 Å². The number of imidazole rings is 1. The van der Waals surface area contributed by atoms with Crippen LogP contribution >= 0.6 is 0 Å². The molecule has 0 bridgehead atoms. The van der Waals surface area contributed by atoms with Gasteiger partial charge in [-0.05, 0) is 24.3 Å². The zero-order chi connectivity index (χ0) is 11.0. The van der Waals surface area contributed by atoms with E-state index in [9.17, 15) is 4.79 Å². The molecule has 3 aromatic heterocycles. The monoisotopic (exact) mass is 212 g/mol. The summed E-state index contributed by atoms with van der Waals surface area (Å²) in [5.74, 6) is 0. The SMILES string of the molecule is O=c1[nH]c2ccc(-c3ccccn3)nc2[nH]1. The fourth-order valence-electron chi connectivity index (χ4n) is 1.57. The third-order valence-corrected chi connectivity index (χ3v) is 2.30. The van der Waals surface area contributed by atoms with Crippen LogP contribution in [0.4, 0.5) is 0 Å². The van der Waals surface area contributed by atoms with Crippen LogP contribution in [0.1, 0.15) is 0 Å². The molecule has 5 nitrogen and oxygen atoms in total. The first-order chi connectivity index (χ1) is 7.83. The lowest BCUT2D eigenvalue weighted by atomic mass is 10.2. The van der Waals surface area contributed by atoms with Crippen molar-refractivity contribution in [2.24, 2.45) is 0 Å². The summed E-state index contributed by atoms with van der Waals surface area (Å²) in [4.78, 5) is 24.8. The van der Waals surface area contributed by atoms with Crippen LogP contribution in [0.5, 0.6) is 0 Å². The van der Waals surface area contributed by atoms with Crippen LogP contribution in [0.3, 0.4) is 0 Å². The molecule has 78 valence electrons. The van der Waals surface area contributed by atoms with Crippen molar-refractivity contribution in [2.75, 3.05) is 0 Å². The van der Waals surface area contributed by atoms with Crippen LogP contribution < -0.4 is 5.69 Å². The van der Waals surface area contributed by atoms with Gasteiger partial charge in [-0.25, -0.2) is 9.78 Å². The van der Waals surface area contributed by atoms with Gasteiger partial charge in [-0.15, -0.1) is 0 Å². The number of rotatable bonds is 1. The van der Waals surface area contributed by atoms with E-state index in [0.29, 0.717) is 11.2 Å². The first kappa shape index (κ1) is 8.84. The van der Waals surface area contributed by atoms with Crippen molar-refractivity contribution < 1.29 is 0 Å². The molecule has 0 aromatic carbocycles. The number of hydrogen-bond donors (Lipinski definition) is 2. The van der Waals surface area contributed by atoms with Gasteiger partial charge in [0, 0.05) is 6.20 Å². The van der Waals surface area contributed by atoms with Crippen molar-refractivity contribution in [2.45, 2.75) is 0 Å². The van der Waals surface area contributed by atoms with E-state index in [-0.39, 0.29) is 5.69 Å². The highest BCUT2D eigenvalue weighted by molar-refractivity contribution is 5.73. The molecule has 5 heteroatoms. The molecule has 16 heavy (non-hydrogen) atoms. The highest BCUT2D eigenvalue weighted by atomic mass is 16.1. The lowest BCUT2D eigenvalue weighted by molar-refractivity contribution is 1.20. The number of nitrogens with one attached hydrogen (secondary N) is 2. The number of pyridine rings is 2. The van der Waals surface area contributed by atoms with E-state index < -0.39 is 0 Å². The molecule has 0 unspecified atom stereocenters. The summed E-state index contributed by atoms with van der Waals surface area (Å²) in [6.07, 6.45) is 1.71. The van der Waals surface area contributed by atoms with Crippen molar-refractivity contribution in [3.8, 4) is 11.4 Å². The van der Waals surface area contributed by atoms with Gasteiger partial charge in [-0.1, -0.05) is 6.07 Å². The third kappa shape index (κ3) is 1.38. The fourth-order valence-corrected chi connectivity index (χ4v) is 1.57. The number of nitrogens with zero attached hydrogens (tertiary/aromatic N) is 2. The van der Waals surface area contributed by atoms with Gasteiger partial charge < -0.3 is 4.98 Å². The van der Waals surface area contributed by atoms with E-state index in [1.165, 1.54) is 0 Å². The zero-order valence-electron chi connectivity index (χ0n) is 8.27. The van der Waals surface area contributed by atoms with Crippen LogP contribution in [0, 0.1) is 0 Å². The standard InChI is InChI=1S/C11H8N4O/c16-11-14-9-5-4-8(13-10(9)15-11)7-3-1-2-6-12-7/h1-6H,(H2,13,14,15,16). The molecule has 0 aliphatic heterocycles. The molecule has 0 radical (unpaired) electrons. The molecular formula is C11H8N4O. The van der Waals surface area contributed by atoms with Crippen LogP contribution in [0.25, 0.3) is 22.6 Å². The second-order valence-electron chi connectivity index (χ2n) is 3.39. The Morgan fingerprint density at radius 2 is 1.94 bits per heavy atom. The van der Waals surface area contributed by atoms with Gasteiger partial charge in [0.1, 0.15) is 0 Å². The smallest absolute Gasteiger partial charge is 0.304 e. The van der Waals surface area contributed by atoms with Crippen molar-refractivity contribution in [1.82, 2.24) is 19.9 Å². The number of fused-ring (bicyclic) bond motifs is 1. The summed E-state index contributed by atoms with van der Waals surface area (Å²) in [6, 6.07) is 9.26. The number of hydrogen-bond acceptors (Lipinski definition) is 3. The van der Waals surface area contributed by atoms with Crippen molar-refractivity contribution in [3.05, 3.63) is 47.0 Å². The first-order valence-electron chi connectivity index (χ1n) is 4.83. The van der Waals surface area contributed by atoms with Gasteiger partial charge in [-0.3, -0.25) is 9.97 Å². The van der Waals surface area contributed by atoms with Gasteiger partial charge in [0.2, 0.25) is 0 Å². The molecule has 3 heterocycles. The van der Waals surface area contributed by atoms with Gasteiger partial charge >= 0.3 is 5.69 Å². The van der Waals surface area contributed by atoms with E-state index in [4.69, 9.17) is 0 Å². The topological polar surface area (TPSA) is 74.4 Å². The van der Waals surface area contributed by atoms with Gasteiger partial charge in [0.15, 0.2) is 5.65 Å². The molecule has 0 spiro atoms. The predicted molar refractivity (Wildman–Crippen MR) is 59.9 cm³/mol. The van der Waals surface area contributed by atoms with Crippen molar-refractivity contribution >= 4 is 11.2 Å². The minimum atomic E-state index is -0.249. The molecule has 0 aliphatic rings. The van der Waals surface area contributed by atoms with Gasteiger partial charge in [0.05, 0.1) is 16.9 Å². The highest BCUT2D eigenvalue weighted by Gasteiger charge is 2.03. The average Bonchev–Trinajstić information content (AvgIpc) is 2.69. The molecule has 0 atom stereocenters. The fraction of sp³-hybridized carbons (Fsp3) is 0. The Morgan fingerprint density at radius 3 is 2.75 bits per heavy atom. The number of aromatic nitrogens is 4. The molecule has 0 saturated carbocycles. The Kier molecular flexibility index (Phi) is 1.83. The molecular weight excluding hydrogens is 204 g/mol. The summed E-state index contributed by atoms with van der Waals surface area (Å²) >= 11 is 0. The van der Waals surface area contributed by atoms with Gasteiger partial charge in [-0.2, -0.15) is 0 Å². The van der Waals surface area contributed by atoms with Crippen LogP contribution in [0.2, 0.25) is 0 Å². The average molecular weight is 212 g/mol. The summed E-state index contributed by atoms with van der Waals surface area (Å²) in [5, 5.41) is 0. The first-order valence-corrected chi connectivity index (χ1v) is 4.83. The molecule has 0 aliphatic carbocycles. The number of aromatic amines is 2.